The van der Waals surface area contributed by atoms with E-state index in [1.54, 1.807) is 12.1 Å². The summed E-state index contributed by atoms with van der Waals surface area (Å²) in [4.78, 5) is 15.0. The van der Waals surface area contributed by atoms with Crippen LogP contribution in [-0.2, 0) is 9.53 Å². The van der Waals surface area contributed by atoms with Crippen molar-refractivity contribution in [2.75, 3.05) is 31.1 Å². The summed E-state index contributed by atoms with van der Waals surface area (Å²) in [6.45, 7) is 1.89. The minimum atomic E-state index is -1.37. The Balaban J connectivity index is 1.26. The third-order valence-electron chi connectivity index (χ3n) is 7.18. The number of anilines is 1. The van der Waals surface area contributed by atoms with Crippen molar-refractivity contribution in [1.29, 1.82) is 5.26 Å². The second-order valence-corrected chi connectivity index (χ2v) is 9.80. The highest BCUT2D eigenvalue weighted by molar-refractivity contribution is 6.01. The lowest BCUT2D eigenvalue weighted by Crippen LogP contribution is -2.56. The van der Waals surface area contributed by atoms with Crippen LogP contribution in [0.2, 0.25) is 0 Å². The zero-order valence-corrected chi connectivity index (χ0v) is 20.9. The molecule has 1 amide bonds. The number of benzene rings is 2. The van der Waals surface area contributed by atoms with Gasteiger partial charge in [-0.3, -0.25) is 4.79 Å². The summed E-state index contributed by atoms with van der Waals surface area (Å²) in [5.74, 6) is 0.291. The van der Waals surface area contributed by atoms with Crippen molar-refractivity contribution in [3.63, 3.8) is 0 Å². The van der Waals surface area contributed by atoms with Gasteiger partial charge in [0.25, 0.3) is 5.91 Å². The minimum absolute atomic E-state index is 0.136. The molecule has 3 aromatic rings. The van der Waals surface area contributed by atoms with Gasteiger partial charge in [0.1, 0.15) is 47.6 Å². The number of carbonyl (C=O) groups excluding carboxylic acids is 1. The molecular formula is C29H31N3O6. The van der Waals surface area contributed by atoms with Crippen molar-refractivity contribution in [3.05, 3.63) is 59.9 Å². The topological polar surface area (TPSA) is 139 Å². The zero-order chi connectivity index (χ0) is 26.6. The number of hydrogen-bond acceptors (Lipinski definition) is 8. The molecule has 2 saturated heterocycles. The first-order valence-electron chi connectivity index (χ1n) is 12.9. The molecular weight excluding hydrogens is 486 g/mol. The van der Waals surface area contributed by atoms with Gasteiger partial charge in [-0.1, -0.05) is 18.2 Å². The summed E-state index contributed by atoms with van der Waals surface area (Å²) in [7, 11) is 0. The van der Waals surface area contributed by atoms with Crippen LogP contribution in [0.25, 0.3) is 28.2 Å². The molecule has 38 heavy (non-hydrogen) atoms. The Labute approximate surface area is 220 Å². The molecule has 0 bridgehead atoms. The van der Waals surface area contributed by atoms with Gasteiger partial charge in [0.2, 0.25) is 0 Å². The lowest BCUT2D eigenvalue weighted by Gasteiger charge is -2.35. The first kappa shape index (κ1) is 25.9. The van der Waals surface area contributed by atoms with Crippen LogP contribution < -0.4 is 10.2 Å². The molecule has 0 radical (unpaired) electrons. The summed E-state index contributed by atoms with van der Waals surface area (Å²) in [5, 5.41) is 43.6. The molecule has 0 aliphatic carbocycles. The Hall–Kier alpha value is -3.68. The summed E-state index contributed by atoms with van der Waals surface area (Å²) >= 11 is 0. The summed E-state index contributed by atoms with van der Waals surface area (Å²) in [5.41, 5.74) is 1.95. The Morgan fingerprint density at radius 1 is 1.03 bits per heavy atom. The summed E-state index contributed by atoms with van der Waals surface area (Å²) < 4.78 is 11.2. The molecule has 2 fully saturated rings. The maximum absolute atomic E-state index is 12.5. The molecule has 1 aromatic heterocycles. The fourth-order valence-corrected chi connectivity index (χ4v) is 4.95. The highest BCUT2D eigenvalue weighted by Crippen LogP contribution is 2.30. The Kier molecular flexibility index (Phi) is 7.77. The number of nitriles is 1. The lowest BCUT2D eigenvalue weighted by molar-refractivity contribution is -0.185. The van der Waals surface area contributed by atoms with Crippen LogP contribution in [0.1, 0.15) is 25.0 Å². The molecule has 2 aliphatic rings. The van der Waals surface area contributed by atoms with Crippen LogP contribution in [0.3, 0.4) is 0 Å². The highest BCUT2D eigenvalue weighted by atomic mass is 16.5. The molecule has 198 valence electrons. The number of rotatable bonds is 6. The lowest BCUT2D eigenvalue weighted by atomic mass is 10.00. The maximum Gasteiger partial charge on any atom is 0.262 e. The Morgan fingerprint density at radius 2 is 1.79 bits per heavy atom. The fraction of sp³-hybridized carbons (Fsp3) is 0.379. The monoisotopic (exact) mass is 517 g/mol. The number of aliphatic hydroxyl groups is 3. The number of fused-ring (bicyclic) bond motifs is 1. The standard InChI is InChI=1S/C29H31N3O6/c30-15-21(29(36)31-16-26-28(35)27(34)24(33)17-37-26)14-23-8-9-25(38-23)20-5-4-19-13-22(7-6-18(19)12-20)32-10-2-1-3-11-32/h4-9,12-14,24,26-28,33-35H,1-3,10-11,16-17H2,(H,31,36). The third-order valence-corrected chi connectivity index (χ3v) is 7.18. The van der Waals surface area contributed by atoms with Gasteiger partial charge in [-0.05, 0) is 60.4 Å². The van der Waals surface area contributed by atoms with Crippen LogP contribution in [0.4, 0.5) is 5.69 Å². The van der Waals surface area contributed by atoms with Crippen LogP contribution in [0, 0.1) is 11.3 Å². The second kappa shape index (κ2) is 11.4. The van der Waals surface area contributed by atoms with Crippen LogP contribution >= 0.6 is 0 Å². The number of carbonyl (C=O) groups is 1. The van der Waals surface area contributed by atoms with Crippen LogP contribution in [0.15, 0.2) is 58.5 Å². The van der Waals surface area contributed by atoms with Gasteiger partial charge >= 0.3 is 0 Å². The van der Waals surface area contributed by atoms with E-state index < -0.39 is 30.3 Å². The average Bonchev–Trinajstić information content (AvgIpc) is 3.42. The molecule has 9 nitrogen and oxygen atoms in total. The second-order valence-electron chi connectivity index (χ2n) is 9.80. The highest BCUT2D eigenvalue weighted by Gasteiger charge is 2.37. The number of furan rings is 1. The van der Waals surface area contributed by atoms with Gasteiger partial charge in [0, 0.05) is 37.0 Å². The molecule has 9 heteroatoms. The van der Waals surface area contributed by atoms with E-state index in [1.807, 2.05) is 12.1 Å². The van der Waals surface area contributed by atoms with E-state index in [1.165, 1.54) is 31.0 Å². The van der Waals surface area contributed by atoms with Gasteiger partial charge in [-0.25, -0.2) is 0 Å². The Bertz CT molecular complexity index is 1370. The van der Waals surface area contributed by atoms with Crippen LogP contribution in [-0.4, -0.2) is 71.9 Å². The largest absolute Gasteiger partial charge is 0.457 e. The number of amides is 1. The number of nitrogens with one attached hydrogen (secondary N) is 1. The number of ether oxygens (including phenoxy) is 1. The van der Waals surface area contributed by atoms with Crippen LogP contribution in [0.5, 0.6) is 0 Å². The third kappa shape index (κ3) is 5.59. The molecule has 2 aromatic carbocycles. The van der Waals surface area contributed by atoms with E-state index in [4.69, 9.17) is 9.15 Å². The van der Waals surface area contributed by atoms with E-state index in [9.17, 15) is 25.4 Å². The van der Waals surface area contributed by atoms with E-state index >= 15 is 0 Å². The summed E-state index contributed by atoms with van der Waals surface area (Å²) in [6, 6.07) is 18.0. The SMILES string of the molecule is N#CC(=Cc1ccc(-c2ccc3cc(N4CCCCC4)ccc3c2)o1)C(=O)NCC1OCC(O)C(O)C1O. The van der Waals surface area contributed by atoms with Crippen molar-refractivity contribution in [2.24, 2.45) is 0 Å². The predicted octanol–water partition coefficient (Wildman–Crippen LogP) is 2.59. The van der Waals surface area contributed by atoms with Gasteiger partial charge < -0.3 is 34.7 Å². The van der Waals surface area contributed by atoms with Gasteiger partial charge in [-0.2, -0.15) is 5.26 Å². The van der Waals surface area contributed by atoms with Crippen molar-refractivity contribution < 1.29 is 29.3 Å². The molecule has 3 heterocycles. The van der Waals surface area contributed by atoms with Crippen molar-refractivity contribution in [2.45, 2.75) is 43.7 Å². The molecule has 4 N–H and O–H groups in total. The van der Waals surface area contributed by atoms with Gasteiger partial charge in [-0.15, -0.1) is 0 Å². The summed E-state index contributed by atoms with van der Waals surface area (Å²) in [6.07, 6.45) is 0.273. The minimum Gasteiger partial charge on any atom is -0.457 e. The molecule has 0 saturated carbocycles. The maximum atomic E-state index is 12.5. The zero-order valence-electron chi connectivity index (χ0n) is 20.9. The number of aliphatic hydroxyl groups excluding tert-OH is 3. The molecule has 2 aliphatic heterocycles. The van der Waals surface area contributed by atoms with E-state index in [0.717, 1.165) is 29.4 Å². The van der Waals surface area contributed by atoms with Gasteiger partial charge in [0.15, 0.2) is 0 Å². The van der Waals surface area contributed by atoms with Gasteiger partial charge in [0.05, 0.1) is 6.61 Å². The van der Waals surface area contributed by atoms with Crippen molar-refractivity contribution >= 4 is 28.4 Å². The predicted molar refractivity (Wildman–Crippen MR) is 142 cm³/mol. The quantitative estimate of drug-likeness (QED) is 0.289. The number of hydrogen-bond donors (Lipinski definition) is 4. The molecule has 5 rings (SSSR count). The smallest absolute Gasteiger partial charge is 0.262 e. The van der Waals surface area contributed by atoms with Crippen molar-refractivity contribution in [3.8, 4) is 17.4 Å². The van der Waals surface area contributed by atoms with E-state index in [0.29, 0.717) is 11.5 Å². The molecule has 0 spiro atoms. The van der Waals surface area contributed by atoms with E-state index in [-0.39, 0.29) is 18.7 Å². The normalized spacial score (nSPS) is 24.3. The average molecular weight is 518 g/mol. The first-order valence-corrected chi connectivity index (χ1v) is 12.9. The Morgan fingerprint density at radius 3 is 2.58 bits per heavy atom. The number of nitrogens with zero attached hydrogens (tertiary/aromatic N) is 2. The van der Waals surface area contributed by atoms with Crippen molar-refractivity contribution in [1.82, 2.24) is 5.32 Å². The molecule has 4 unspecified atom stereocenters. The number of piperidine rings is 1. The fourth-order valence-electron chi connectivity index (χ4n) is 4.95. The molecule has 4 atom stereocenters. The van der Waals surface area contributed by atoms with E-state index in [2.05, 4.69) is 40.5 Å². The first-order chi connectivity index (χ1) is 18.4.